The summed E-state index contributed by atoms with van der Waals surface area (Å²) in [6.07, 6.45) is 5.52. The van der Waals surface area contributed by atoms with E-state index >= 15 is 0 Å². The van der Waals surface area contributed by atoms with Crippen molar-refractivity contribution < 1.29 is 9.18 Å². The summed E-state index contributed by atoms with van der Waals surface area (Å²) < 4.78 is 13.6. The van der Waals surface area contributed by atoms with Gasteiger partial charge in [-0.2, -0.15) is 4.39 Å². The van der Waals surface area contributed by atoms with Crippen molar-refractivity contribution in [3.05, 3.63) is 24.3 Å². The van der Waals surface area contributed by atoms with E-state index in [-0.39, 0.29) is 18.1 Å². The van der Waals surface area contributed by atoms with Gasteiger partial charge in [-0.15, -0.1) is 0 Å². The summed E-state index contributed by atoms with van der Waals surface area (Å²) in [5.41, 5.74) is 0.291. The second-order valence-corrected chi connectivity index (χ2v) is 4.59. The molecule has 1 saturated heterocycles. The molecule has 1 N–H and O–H groups in total. The molecule has 1 aliphatic carbocycles. The molecule has 90 valence electrons. The number of pyridine rings is 1. The van der Waals surface area contributed by atoms with Gasteiger partial charge in [0.15, 0.2) is 0 Å². The zero-order valence-corrected chi connectivity index (χ0v) is 9.40. The predicted molar refractivity (Wildman–Crippen MR) is 61.2 cm³/mol. The second-order valence-electron chi connectivity index (χ2n) is 4.59. The van der Waals surface area contributed by atoms with Crippen molar-refractivity contribution in [2.24, 2.45) is 0 Å². The van der Waals surface area contributed by atoms with E-state index in [0.29, 0.717) is 5.69 Å². The Kier molecular flexibility index (Phi) is 2.46. The summed E-state index contributed by atoms with van der Waals surface area (Å²) in [7, 11) is 0. The molecule has 2 heterocycles. The van der Waals surface area contributed by atoms with Crippen LogP contribution in [-0.2, 0) is 0 Å². The van der Waals surface area contributed by atoms with Crippen LogP contribution in [0.1, 0.15) is 25.7 Å². The van der Waals surface area contributed by atoms with Crippen molar-refractivity contribution in [1.29, 1.82) is 0 Å². The number of nitrogens with zero attached hydrogens (tertiary/aromatic N) is 2. The monoisotopic (exact) mass is 235 g/mol. The smallest absolute Gasteiger partial charge is 0.322 e. The molecule has 5 heteroatoms. The summed E-state index contributed by atoms with van der Waals surface area (Å²) in [5, 5.41) is 2.92. The second kappa shape index (κ2) is 3.98. The molecule has 2 atom stereocenters. The number of carbonyl (C=O) groups excluding carboxylic acids is 1. The van der Waals surface area contributed by atoms with E-state index < -0.39 is 5.95 Å². The van der Waals surface area contributed by atoms with Crippen LogP contribution in [0.25, 0.3) is 0 Å². The van der Waals surface area contributed by atoms with Crippen molar-refractivity contribution in [1.82, 2.24) is 10.3 Å². The molecule has 1 aromatic rings. The van der Waals surface area contributed by atoms with Gasteiger partial charge in [0.2, 0.25) is 5.95 Å². The number of fused-ring (bicyclic) bond motifs is 1. The quantitative estimate of drug-likeness (QED) is 0.757. The van der Waals surface area contributed by atoms with Gasteiger partial charge in [-0.3, -0.25) is 4.90 Å². The maximum atomic E-state index is 13.6. The predicted octanol–water partition coefficient (Wildman–Crippen LogP) is 2.06. The zero-order valence-electron chi connectivity index (χ0n) is 9.40. The lowest BCUT2D eigenvalue weighted by Crippen LogP contribution is -2.39. The lowest BCUT2D eigenvalue weighted by atomic mass is 9.91. The Hall–Kier alpha value is -1.65. The fourth-order valence-corrected chi connectivity index (χ4v) is 2.81. The molecular weight excluding hydrogens is 221 g/mol. The van der Waals surface area contributed by atoms with Crippen LogP contribution in [-0.4, -0.2) is 23.1 Å². The van der Waals surface area contributed by atoms with Gasteiger partial charge < -0.3 is 5.32 Å². The number of hydrogen-bond donors (Lipinski definition) is 1. The first-order chi connectivity index (χ1) is 8.27. The van der Waals surface area contributed by atoms with Gasteiger partial charge in [-0.05, 0) is 25.0 Å². The molecule has 2 unspecified atom stereocenters. The van der Waals surface area contributed by atoms with Crippen LogP contribution in [0.4, 0.5) is 14.9 Å². The molecule has 0 bridgehead atoms. The first-order valence-electron chi connectivity index (χ1n) is 5.97. The number of nitrogens with one attached hydrogen (secondary N) is 1. The van der Waals surface area contributed by atoms with Gasteiger partial charge in [0.25, 0.3) is 0 Å². The van der Waals surface area contributed by atoms with Crippen LogP contribution in [0.15, 0.2) is 18.3 Å². The maximum Gasteiger partial charge on any atom is 0.322 e. The van der Waals surface area contributed by atoms with E-state index in [2.05, 4.69) is 10.3 Å². The molecule has 4 nitrogen and oxygen atoms in total. The summed E-state index contributed by atoms with van der Waals surface area (Å²) in [6, 6.07) is 3.31. The molecule has 0 radical (unpaired) electrons. The fourth-order valence-electron chi connectivity index (χ4n) is 2.81. The molecule has 0 aromatic carbocycles. The number of anilines is 1. The van der Waals surface area contributed by atoms with E-state index in [4.69, 9.17) is 0 Å². The van der Waals surface area contributed by atoms with Gasteiger partial charge in [0, 0.05) is 6.20 Å². The number of amides is 2. The Morgan fingerprint density at radius 2 is 2.24 bits per heavy atom. The Bertz CT molecular complexity index is 451. The van der Waals surface area contributed by atoms with Gasteiger partial charge in [-0.1, -0.05) is 12.8 Å². The third-order valence-corrected chi connectivity index (χ3v) is 3.59. The topological polar surface area (TPSA) is 45.2 Å². The van der Waals surface area contributed by atoms with E-state index in [1.807, 2.05) is 0 Å². The van der Waals surface area contributed by atoms with Gasteiger partial charge >= 0.3 is 6.03 Å². The molecule has 2 fully saturated rings. The Labute approximate surface area is 98.8 Å². The minimum absolute atomic E-state index is 0.0787. The summed E-state index contributed by atoms with van der Waals surface area (Å²) in [5.74, 6) is -0.575. The number of rotatable bonds is 1. The molecule has 2 amide bonds. The van der Waals surface area contributed by atoms with E-state index in [9.17, 15) is 9.18 Å². The standard InChI is InChI=1S/C12H14FN3O/c13-11-10(6-3-7-14-11)16-9-5-2-1-4-8(9)15-12(16)17/h3,6-9H,1-2,4-5H2,(H,15,17). The van der Waals surface area contributed by atoms with Crippen LogP contribution in [0.3, 0.4) is 0 Å². The van der Waals surface area contributed by atoms with Crippen LogP contribution >= 0.6 is 0 Å². The minimum atomic E-state index is -0.575. The molecule has 1 aromatic heterocycles. The number of urea groups is 1. The number of hydrogen-bond acceptors (Lipinski definition) is 2. The molecule has 17 heavy (non-hydrogen) atoms. The number of carbonyl (C=O) groups is 1. The number of aromatic nitrogens is 1. The highest BCUT2D eigenvalue weighted by atomic mass is 19.1. The fraction of sp³-hybridized carbons (Fsp3) is 0.500. The minimum Gasteiger partial charge on any atom is -0.333 e. The Morgan fingerprint density at radius 1 is 1.41 bits per heavy atom. The SMILES string of the molecule is O=C1NC2CCCCC2N1c1cccnc1F. The van der Waals surface area contributed by atoms with Crippen LogP contribution < -0.4 is 10.2 Å². The third kappa shape index (κ3) is 1.66. The normalized spacial score (nSPS) is 27.8. The van der Waals surface area contributed by atoms with Crippen LogP contribution in [0.5, 0.6) is 0 Å². The highest BCUT2D eigenvalue weighted by Crippen LogP contribution is 2.32. The first-order valence-corrected chi connectivity index (χ1v) is 5.97. The van der Waals surface area contributed by atoms with E-state index in [0.717, 1.165) is 25.7 Å². The molecule has 3 rings (SSSR count). The Balaban J connectivity index is 1.96. The zero-order chi connectivity index (χ0) is 11.8. The first kappa shape index (κ1) is 10.5. The Morgan fingerprint density at radius 3 is 3.06 bits per heavy atom. The molecular formula is C12H14FN3O. The third-order valence-electron chi connectivity index (χ3n) is 3.59. The highest BCUT2D eigenvalue weighted by molar-refractivity contribution is 5.95. The lowest BCUT2D eigenvalue weighted by Gasteiger charge is -2.29. The maximum absolute atomic E-state index is 13.6. The van der Waals surface area contributed by atoms with E-state index in [1.165, 1.54) is 11.1 Å². The largest absolute Gasteiger partial charge is 0.333 e. The van der Waals surface area contributed by atoms with Crippen molar-refractivity contribution in [3.63, 3.8) is 0 Å². The van der Waals surface area contributed by atoms with Crippen molar-refractivity contribution in [2.75, 3.05) is 4.90 Å². The van der Waals surface area contributed by atoms with E-state index in [1.54, 1.807) is 12.1 Å². The van der Waals surface area contributed by atoms with Crippen molar-refractivity contribution >= 4 is 11.7 Å². The van der Waals surface area contributed by atoms with Gasteiger partial charge in [0.05, 0.1) is 12.1 Å². The lowest BCUT2D eigenvalue weighted by molar-refractivity contribution is 0.250. The average molecular weight is 235 g/mol. The summed E-state index contributed by atoms with van der Waals surface area (Å²) in [6.45, 7) is 0. The summed E-state index contributed by atoms with van der Waals surface area (Å²) in [4.78, 5) is 17.1. The molecule has 1 aliphatic heterocycles. The highest BCUT2D eigenvalue weighted by Gasteiger charge is 2.42. The van der Waals surface area contributed by atoms with Gasteiger partial charge in [0.1, 0.15) is 5.69 Å². The van der Waals surface area contributed by atoms with Crippen molar-refractivity contribution in [2.45, 2.75) is 37.8 Å². The van der Waals surface area contributed by atoms with Crippen LogP contribution in [0.2, 0.25) is 0 Å². The average Bonchev–Trinajstić information content (AvgIpc) is 2.66. The molecule has 0 spiro atoms. The van der Waals surface area contributed by atoms with Gasteiger partial charge in [-0.25, -0.2) is 9.78 Å². The van der Waals surface area contributed by atoms with Crippen molar-refractivity contribution in [3.8, 4) is 0 Å². The number of halogens is 1. The summed E-state index contributed by atoms with van der Waals surface area (Å²) >= 11 is 0. The molecule has 2 aliphatic rings. The van der Waals surface area contributed by atoms with Crippen LogP contribution in [0, 0.1) is 5.95 Å². The molecule has 1 saturated carbocycles.